The van der Waals surface area contributed by atoms with Crippen molar-refractivity contribution in [1.82, 2.24) is 16.0 Å². The van der Waals surface area contributed by atoms with Gasteiger partial charge in [0.2, 0.25) is 11.8 Å². The Labute approximate surface area is 183 Å². The van der Waals surface area contributed by atoms with Gasteiger partial charge in [-0.3, -0.25) is 9.59 Å². The summed E-state index contributed by atoms with van der Waals surface area (Å²) in [6, 6.07) is 0.197. The van der Waals surface area contributed by atoms with Gasteiger partial charge in [0.1, 0.15) is 0 Å². The van der Waals surface area contributed by atoms with E-state index in [9.17, 15) is 9.59 Å². The molecule has 2 amide bonds. The molecular weight excluding hydrogens is 386 g/mol. The number of rotatable bonds is 20. The number of carbonyl (C=O) groups is 2. The highest BCUT2D eigenvalue weighted by Crippen LogP contribution is 2.11. The predicted molar refractivity (Wildman–Crippen MR) is 120 cm³/mol. The first-order valence-corrected chi connectivity index (χ1v) is 11.4. The number of nitrogens with one attached hydrogen (secondary N) is 3. The third-order valence-corrected chi connectivity index (χ3v) is 4.17. The first-order chi connectivity index (χ1) is 14.4. The molecule has 0 aromatic carbocycles. The highest BCUT2D eigenvalue weighted by atomic mass is 16.5. The first-order valence-electron chi connectivity index (χ1n) is 11.4. The smallest absolute Gasteiger partial charge is 0.222 e. The minimum absolute atomic E-state index is 0.00385. The summed E-state index contributed by atoms with van der Waals surface area (Å²) in [5.41, 5.74) is -0.539. The van der Waals surface area contributed by atoms with Crippen LogP contribution in [0.5, 0.6) is 0 Å². The Balaban J connectivity index is 4.69. The molecular formula is C22H45N3O5. The quantitative estimate of drug-likeness (QED) is 0.255. The molecule has 0 saturated carbocycles. The van der Waals surface area contributed by atoms with Crippen LogP contribution in [0.4, 0.5) is 0 Å². The van der Waals surface area contributed by atoms with Gasteiger partial charge in [-0.2, -0.15) is 0 Å². The van der Waals surface area contributed by atoms with Crippen molar-refractivity contribution in [3.8, 4) is 0 Å². The lowest BCUT2D eigenvalue weighted by Gasteiger charge is -2.36. The van der Waals surface area contributed by atoms with Gasteiger partial charge in [0.05, 0.1) is 38.6 Å². The Bertz CT molecular complexity index is 418. The average molecular weight is 432 g/mol. The van der Waals surface area contributed by atoms with Crippen molar-refractivity contribution in [2.24, 2.45) is 0 Å². The zero-order valence-corrected chi connectivity index (χ0v) is 19.8. The van der Waals surface area contributed by atoms with Crippen LogP contribution in [0.2, 0.25) is 0 Å². The van der Waals surface area contributed by atoms with E-state index in [0.717, 1.165) is 19.3 Å². The molecule has 0 aliphatic rings. The second-order valence-corrected chi connectivity index (χ2v) is 7.94. The van der Waals surface area contributed by atoms with Crippen LogP contribution in [-0.4, -0.2) is 76.1 Å². The topological polar surface area (TPSA) is 97.9 Å². The van der Waals surface area contributed by atoms with E-state index in [1.807, 2.05) is 13.8 Å². The lowest BCUT2D eigenvalue weighted by atomic mass is 10.0. The minimum atomic E-state index is -0.539. The maximum Gasteiger partial charge on any atom is 0.222 e. The van der Waals surface area contributed by atoms with Gasteiger partial charge in [-0.05, 0) is 19.3 Å². The van der Waals surface area contributed by atoms with E-state index in [1.54, 1.807) is 0 Å². The van der Waals surface area contributed by atoms with E-state index in [0.29, 0.717) is 65.6 Å². The summed E-state index contributed by atoms with van der Waals surface area (Å²) < 4.78 is 17.5. The predicted octanol–water partition coefficient (Wildman–Crippen LogP) is 2.02. The van der Waals surface area contributed by atoms with E-state index < -0.39 is 5.54 Å². The molecule has 0 aromatic heterocycles. The fourth-order valence-corrected chi connectivity index (χ4v) is 2.84. The third-order valence-electron chi connectivity index (χ3n) is 4.17. The summed E-state index contributed by atoms with van der Waals surface area (Å²) in [7, 11) is 0. The average Bonchev–Trinajstić information content (AvgIpc) is 2.71. The lowest BCUT2D eigenvalue weighted by molar-refractivity contribution is -0.122. The van der Waals surface area contributed by atoms with Gasteiger partial charge < -0.3 is 30.2 Å². The van der Waals surface area contributed by atoms with Gasteiger partial charge in [-0.1, -0.05) is 34.6 Å². The molecule has 0 spiro atoms. The number of ether oxygens (including phenoxy) is 3. The van der Waals surface area contributed by atoms with Crippen molar-refractivity contribution in [1.29, 1.82) is 0 Å². The summed E-state index contributed by atoms with van der Waals surface area (Å²) in [5.74, 6) is -0.00770. The van der Waals surface area contributed by atoms with E-state index >= 15 is 0 Å². The van der Waals surface area contributed by atoms with Crippen molar-refractivity contribution in [3.63, 3.8) is 0 Å². The van der Waals surface area contributed by atoms with Gasteiger partial charge >= 0.3 is 0 Å². The Morgan fingerprint density at radius 2 is 1.17 bits per heavy atom. The molecule has 0 heterocycles. The van der Waals surface area contributed by atoms with Crippen molar-refractivity contribution >= 4 is 11.8 Å². The zero-order valence-electron chi connectivity index (χ0n) is 19.8. The molecule has 30 heavy (non-hydrogen) atoms. The molecule has 0 aromatic rings. The molecule has 3 N–H and O–H groups in total. The molecule has 0 saturated heterocycles. The largest absolute Gasteiger partial charge is 0.379 e. The van der Waals surface area contributed by atoms with Crippen molar-refractivity contribution < 1.29 is 23.8 Å². The molecule has 0 fully saturated rings. The van der Waals surface area contributed by atoms with Crippen LogP contribution in [0.3, 0.4) is 0 Å². The van der Waals surface area contributed by atoms with Crippen LogP contribution in [0.25, 0.3) is 0 Å². The highest BCUT2D eigenvalue weighted by Gasteiger charge is 2.32. The molecule has 0 rings (SSSR count). The van der Waals surface area contributed by atoms with Gasteiger partial charge in [0.25, 0.3) is 0 Å². The standard InChI is InChI=1S/C22H45N3O5/c1-6-11-23-20(26)9-14-29-17-22(25-19(4)5,16-28-13-8-3)18-30-15-10-21(27)24-12-7-2/h19,25H,6-18H2,1-5H3,(H,23,26)(H,24,27). The Hall–Kier alpha value is -1.22. The van der Waals surface area contributed by atoms with Crippen LogP contribution in [0.1, 0.15) is 66.7 Å². The second kappa shape index (κ2) is 18.5. The molecule has 0 unspecified atom stereocenters. The van der Waals surface area contributed by atoms with Gasteiger partial charge in [0, 0.05) is 38.6 Å². The van der Waals surface area contributed by atoms with Crippen molar-refractivity contribution in [2.75, 3.05) is 52.7 Å². The van der Waals surface area contributed by atoms with Crippen LogP contribution >= 0.6 is 0 Å². The third kappa shape index (κ3) is 15.6. The van der Waals surface area contributed by atoms with Crippen LogP contribution in [-0.2, 0) is 23.8 Å². The van der Waals surface area contributed by atoms with E-state index in [-0.39, 0.29) is 17.9 Å². The maximum absolute atomic E-state index is 11.8. The minimum Gasteiger partial charge on any atom is -0.379 e. The summed E-state index contributed by atoms with van der Waals surface area (Å²) in [4.78, 5) is 23.5. The normalized spacial score (nSPS) is 11.7. The summed E-state index contributed by atoms with van der Waals surface area (Å²) in [6.07, 6.45) is 3.40. The number of carbonyl (C=O) groups excluding carboxylic acids is 2. The summed E-state index contributed by atoms with van der Waals surface area (Å²) >= 11 is 0. The van der Waals surface area contributed by atoms with E-state index in [1.165, 1.54) is 0 Å². The molecule has 8 heteroatoms. The highest BCUT2D eigenvalue weighted by molar-refractivity contribution is 5.76. The maximum atomic E-state index is 11.8. The fraction of sp³-hybridized carbons (Fsp3) is 0.909. The Morgan fingerprint density at radius 3 is 1.53 bits per heavy atom. The van der Waals surface area contributed by atoms with Crippen molar-refractivity contribution in [3.05, 3.63) is 0 Å². The van der Waals surface area contributed by atoms with Crippen LogP contribution in [0, 0.1) is 0 Å². The monoisotopic (exact) mass is 431 g/mol. The molecule has 8 nitrogen and oxygen atoms in total. The molecule has 0 aliphatic heterocycles. The molecule has 0 bridgehead atoms. The zero-order chi connectivity index (χ0) is 22.7. The fourth-order valence-electron chi connectivity index (χ4n) is 2.84. The molecule has 0 radical (unpaired) electrons. The van der Waals surface area contributed by atoms with Gasteiger partial charge in [0.15, 0.2) is 0 Å². The Morgan fingerprint density at radius 1 is 0.733 bits per heavy atom. The molecule has 178 valence electrons. The number of hydrogen-bond acceptors (Lipinski definition) is 6. The number of amides is 2. The molecule has 0 aliphatic carbocycles. The first kappa shape index (κ1) is 28.8. The second-order valence-electron chi connectivity index (χ2n) is 7.94. The van der Waals surface area contributed by atoms with E-state index in [4.69, 9.17) is 14.2 Å². The van der Waals surface area contributed by atoms with E-state index in [2.05, 4.69) is 36.7 Å². The SMILES string of the molecule is CCCNC(=O)CCOCC(COCCC)(COCCC(=O)NCCC)NC(C)C. The number of hydrogen-bond donors (Lipinski definition) is 3. The lowest BCUT2D eigenvalue weighted by Crippen LogP contribution is -2.59. The van der Waals surface area contributed by atoms with Crippen LogP contribution in [0.15, 0.2) is 0 Å². The van der Waals surface area contributed by atoms with Gasteiger partial charge in [-0.25, -0.2) is 0 Å². The Kier molecular flexibility index (Phi) is 17.8. The van der Waals surface area contributed by atoms with Crippen LogP contribution < -0.4 is 16.0 Å². The summed E-state index contributed by atoms with van der Waals surface area (Å²) in [6.45, 7) is 14.1. The van der Waals surface area contributed by atoms with Crippen molar-refractivity contribution in [2.45, 2.75) is 78.3 Å². The molecule has 0 atom stereocenters. The van der Waals surface area contributed by atoms with Gasteiger partial charge in [-0.15, -0.1) is 0 Å². The summed E-state index contributed by atoms with van der Waals surface area (Å²) in [5, 5.41) is 9.22.